The minimum absolute atomic E-state index is 0.631. The lowest BCUT2D eigenvalue weighted by molar-refractivity contribution is 0.270. The van der Waals surface area contributed by atoms with Crippen LogP contribution in [0.1, 0.15) is 18.1 Å². The van der Waals surface area contributed by atoms with Crippen molar-refractivity contribution in [3.05, 3.63) is 29.3 Å². The molecule has 0 radical (unpaired) electrons. The summed E-state index contributed by atoms with van der Waals surface area (Å²) in [7, 11) is 2.21. The average Bonchev–Trinajstić information content (AvgIpc) is 2.76. The lowest BCUT2D eigenvalue weighted by Gasteiger charge is -2.24. The van der Waals surface area contributed by atoms with Gasteiger partial charge >= 0.3 is 0 Å². The second kappa shape index (κ2) is 5.78. The van der Waals surface area contributed by atoms with Crippen LogP contribution in [0, 0.1) is 0 Å². The summed E-state index contributed by atoms with van der Waals surface area (Å²) in [6, 6.07) is 7.49. The van der Waals surface area contributed by atoms with Gasteiger partial charge in [-0.15, -0.1) is 0 Å². The highest BCUT2D eigenvalue weighted by molar-refractivity contribution is 7.98. The second-order valence-electron chi connectivity index (χ2n) is 4.89. The van der Waals surface area contributed by atoms with E-state index in [1.54, 1.807) is 0 Å². The van der Waals surface area contributed by atoms with Crippen molar-refractivity contribution in [1.29, 1.82) is 0 Å². The number of hydrogen-bond donors (Lipinski definition) is 1. The predicted molar refractivity (Wildman–Crippen MR) is 77.9 cm³/mol. The SMILES string of the molecule is CSCC(C)N(C)Cc1ccc2c(c1)NCC2. The lowest BCUT2D eigenvalue weighted by atomic mass is 10.1. The molecular weight excluding hydrogens is 228 g/mol. The average molecular weight is 250 g/mol. The molecule has 0 aromatic heterocycles. The van der Waals surface area contributed by atoms with E-state index in [1.165, 1.54) is 29.0 Å². The van der Waals surface area contributed by atoms with Crippen LogP contribution in [0.4, 0.5) is 5.69 Å². The number of nitrogens with one attached hydrogen (secondary N) is 1. The van der Waals surface area contributed by atoms with E-state index in [0.29, 0.717) is 6.04 Å². The first-order valence-electron chi connectivity index (χ1n) is 6.25. The third-order valence-electron chi connectivity index (χ3n) is 3.48. The first-order valence-corrected chi connectivity index (χ1v) is 7.65. The van der Waals surface area contributed by atoms with Gasteiger partial charge in [-0.2, -0.15) is 11.8 Å². The van der Waals surface area contributed by atoms with Crippen LogP contribution in [0.5, 0.6) is 0 Å². The summed E-state index contributed by atoms with van der Waals surface area (Å²) < 4.78 is 0. The maximum Gasteiger partial charge on any atom is 0.0376 e. The van der Waals surface area contributed by atoms with E-state index >= 15 is 0 Å². The predicted octanol–water partition coefficient (Wildman–Crippen LogP) is 2.84. The van der Waals surface area contributed by atoms with Crippen LogP contribution < -0.4 is 5.32 Å². The Balaban J connectivity index is 1.99. The number of anilines is 1. The molecule has 1 unspecified atom stereocenters. The molecular formula is C14H22N2S. The van der Waals surface area contributed by atoms with Crippen LogP contribution >= 0.6 is 11.8 Å². The van der Waals surface area contributed by atoms with Gasteiger partial charge in [0.25, 0.3) is 0 Å². The van der Waals surface area contributed by atoms with Crippen molar-refractivity contribution in [2.45, 2.75) is 25.9 Å². The molecule has 0 saturated heterocycles. The number of rotatable bonds is 5. The molecule has 1 aliphatic heterocycles. The summed E-state index contributed by atoms with van der Waals surface area (Å²) in [4.78, 5) is 2.42. The van der Waals surface area contributed by atoms with Crippen molar-refractivity contribution in [2.75, 3.05) is 30.9 Å². The Labute approximate surface area is 109 Å². The summed E-state index contributed by atoms with van der Waals surface area (Å²) in [6.07, 6.45) is 3.35. The molecule has 94 valence electrons. The van der Waals surface area contributed by atoms with Gasteiger partial charge in [-0.3, -0.25) is 4.90 Å². The Hall–Kier alpha value is -0.670. The van der Waals surface area contributed by atoms with Gasteiger partial charge in [0, 0.05) is 30.6 Å². The topological polar surface area (TPSA) is 15.3 Å². The van der Waals surface area contributed by atoms with Gasteiger partial charge in [0.1, 0.15) is 0 Å². The van der Waals surface area contributed by atoms with Gasteiger partial charge in [0.05, 0.1) is 0 Å². The van der Waals surface area contributed by atoms with Gasteiger partial charge in [0.15, 0.2) is 0 Å². The fourth-order valence-electron chi connectivity index (χ4n) is 2.25. The maximum absolute atomic E-state index is 3.45. The minimum Gasteiger partial charge on any atom is -0.384 e. The highest BCUT2D eigenvalue weighted by atomic mass is 32.2. The fourth-order valence-corrected chi connectivity index (χ4v) is 2.99. The van der Waals surface area contributed by atoms with Crippen molar-refractivity contribution in [3.63, 3.8) is 0 Å². The lowest BCUT2D eigenvalue weighted by Crippen LogP contribution is -2.30. The van der Waals surface area contributed by atoms with Crippen LogP contribution in [0.2, 0.25) is 0 Å². The first kappa shape index (κ1) is 12.8. The molecule has 0 aliphatic carbocycles. The van der Waals surface area contributed by atoms with Crippen LogP contribution in [0.25, 0.3) is 0 Å². The molecule has 0 amide bonds. The molecule has 0 spiro atoms. The Morgan fingerprint density at radius 3 is 3.06 bits per heavy atom. The highest BCUT2D eigenvalue weighted by Crippen LogP contribution is 2.24. The molecule has 1 N–H and O–H groups in total. The van der Waals surface area contributed by atoms with Gasteiger partial charge in [-0.25, -0.2) is 0 Å². The quantitative estimate of drug-likeness (QED) is 0.865. The second-order valence-corrected chi connectivity index (χ2v) is 5.80. The monoisotopic (exact) mass is 250 g/mol. The minimum atomic E-state index is 0.631. The smallest absolute Gasteiger partial charge is 0.0376 e. The Kier molecular flexibility index (Phi) is 4.35. The molecule has 1 atom stereocenters. The normalized spacial score (nSPS) is 15.8. The zero-order chi connectivity index (χ0) is 12.3. The van der Waals surface area contributed by atoms with Crippen molar-refractivity contribution in [2.24, 2.45) is 0 Å². The van der Waals surface area contributed by atoms with Gasteiger partial charge in [0.2, 0.25) is 0 Å². The molecule has 2 rings (SSSR count). The van der Waals surface area contributed by atoms with Crippen LogP contribution in [-0.4, -0.2) is 36.5 Å². The van der Waals surface area contributed by atoms with Gasteiger partial charge in [-0.1, -0.05) is 12.1 Å². The maximum atomic E-state index is 3.45. The zero-order valence-corrected chi connectivity index (χ0v) is 11.8. The number of fused-ring (bicyclic) bond motifs is 1. The van der Waals surface area contributed by atoms with E-state index in [1.807, 2.05) is 11.8 Å². The van der Waals surface area contributed by atoms with Crippen LogP contribution in [0.15, 0.2) is 18.2 Å². The summed E-state index contributed by atoms with van der Waals surface area (Å²) in [6.45, 7) is 4.43. The van der Waals surface area contributed by atoms with Crippen LogP contribution in [-0.2, 0) is 13.0 Å². The molecule has 1 aromatic rings. The molecule has 2 nitrogen and oxygen atoms in total. The van der Waals surface area contributed by atoms with Crippen molar-refractivity contribution >= 4 is 17.4 Å². The number of hydrogen-bond acceptors (Lipinski definition) is 3. The zero-order valence-electron chi connectivity index (χ0n) is 11.0. The highest BCUT2D eigenvalue weighted by Gasteiger charge is 2.12. The van der Waals surface area contributed by atoms with Crippen molar-refractivity contribution in [3.8, 4) is 0 Å². The third kappa shape index (κ3) is 3.17. The third-order valence-corrected chi connectivity index (χ3v) is 4.29. The molecule has 0 saturated carbocycles. The summed E-state index contributed by atoms with van der Waals surface area (Å²) in [5, 5.41) is 3.45. The van der Waals surface area contributed by atoms with Crippen LogP contribution in [0.3, 0.4) is 0 Å². The van der Waals surface area contributed by atoms with E-state index in [9.17, 15) is 0 Å². The number of thioether (sulfide) groups is 1. The fraction of sp³-hybridized carbons (Fsp3) is 0.571. The molecule has 17 heavy (non-hydrogen) atoms. The summed E-state index contributed by atoms with van der Waals surface area (Å²) in [5.74, 6) is 1.19. The number of benzene rings is 1. The largest absolute Gasteiger partial charge is 0.384 e. The van der Waals surface area contributed by atoms with Gasteiger partial charge < -0.3 is 5.32 Å². The Bertz CT molecular complexity index is 378. The van der Waals surface area contributed by atoms with E-state index in [0.717, 1.165) is 13.1 Å². The summed E-state index contributed by atoms with van der Waals surface area (Å²) in [5.41, 5.74) is 4.22. The standard InChI is InChI=1S/C14H22N2S/c1-11(10-17-3)16(2)9-12-4-5-13-6-7-15-14(13)8-12/h4-5,8,11,15H,6-7,9-10H2,1-3H3. The first-order chi connectivity index (χ1) is 8.20. The Morgan fingerprint density at radius 1 is 1.47 bits per heavy atom. The molecule has 0 fully saturated rings. The van der Waals surface area contributed by atoms with E-state index in [4.69, 9.17) is 0 Å². The molecule has 1 heterocycles. The van der Waals surface area contributed by atoms with E-state index in [-0.39, 0.29) is 0 Å². The molecule has 1 aromatic carbocycles. The summed E-state index contributed by atoms with van der Waals surface area (Å²) >= 11 is 1.91. The van der Waals surface area contributed by atoms with Gasteiger partial charge in [-0.05, 0) is 43.8 Å². The van der Waals surface area contributed by atoms with E-state index in [2.05, 4.69) is 48.6 Å². The van der Waals surface area contributed by atoms with Crippen molar-refractivity contribution < 1.29 is 0 Å². The molecule has 1 aliphatic rings. The van der Waals surface area contributed by atoms with Crippen molar-refractivity contribution in [1.82, 2.24) is 4.90 Å². The Morgan fingerprint density at radius 2 is 2.29 bits per heavy atom. The molecule has 3 heteroatoms. The molecule has 0 bridgehead atoms. The number of nitrogens with zero attached hydrogens (tertiary/aromatic N) is 1. The van der Waals surface area contributed by atoms with E-state index < -0.39 is 0 Å².